The molecule has 3 aromatic rings. The zero-order valence-electron chi connectivity index (χ0n) is 19.1. The topological polar surface area (TPSA) is 57.6 Å². The highest BCUT2D eigenvalue weighted by molar-refractivity contribution is 5.60. The third-order valence-corrected chi connectivity index (χ3v) is 6.21. The Hall–Kier alpha value is -3.19. The third kappa shape index (κ3) is 4.25. The molecule has 5 rings (SSSR count). The molecule has 0 N–H and O–H groups in total. The van der Waals surface area contributed by atoms with Crippen LogP contribution in [0.3, 0.4) is 0 Å². The summed E-state index contributed by atoms with van der Waals surface area (Å²) in [4.78, 5) is 21.1. The Labute approximate surface area is 189 Å². The quantitative estimate of drug-likeness (QED) is 0.629. The summed E-state index contributed by atoms with van der Waals surface area (Å²) in [6.45, 7) is 9.26. The Morgan fingerprint density at radius 3 is 2.59 bits per heavy atom. The minimum Gasteiger partial charge on any atom is -0.378 e. The van der Waals surface area contributed by atoms with Crippen molar-refractivity contribution in [3.8, 4) is 0 Å². The number of ether oxygens (including phenoxy) is 1. The molecule has 0 bridgehead atoms. The summed E-state index contributed by atoms with van der Waals surface area (Å²) < 4.78 is 5.43. The third-order valence-electron chi connectivity index (χ3n) is 6.21. The Balaban J connectivity index is 1.31. The fourth-order valence-corrected chi connectivity index (χ4v) is 4.44. The van der Waals surface area contributed by atoms with Crippen molar-refractivity contribution in [2.24, 2.45) is 0 Å². The lowest BCUT2D eigenvalue weighted by Crippen LogP contribution is -2.41. The molecule has 4 heterocycles. The van der Waals surface area contributed by atoms with Gasteiger partial charge in [-0.05, 0) is 42.7 Å². The van der Waals surface area contributed by atoms with Crippen LogP contribution in [-0.2, 0) is 17.7 Å². The fraction of sp³-hybridized carbons (Fsp3) is 0.400. The minimum atomic E-state index is 0.679. The van der Waals surface area contributed by atoms with E-state index >= 15 is 0 Å². The molecular weight excluding hydrogens is 400 g/mol. The van der Waals surface area contributed by atoms with Gasteiger partial charge in [-0.15, -0.1) is 0 Å². The van der Waals surface area contributed by atoms with Crippen LogP contribution in [-0.4, -0.2) is 55.0 Å². The normalized spacial score (nSPS) is 16.3. The van der Waals surface area contributed by atoms with Gasteiger partial charge < -0.3 is 19.4 Å². The second kappa shape index (κ2) is 8.74. The van der Waals surface area contributed by atoms with E-state index in [9.17, 15) is 0 Å². The summed E-state index contributed by atoms with van der Waals surface area (Å²) in [5.41, 5.74) is 6.12. The first-order valence-electron chi connectivity index (χ1n) is 11.2. The maximum atomic E-state index is 5.43. The second-order valence-electron chi connectivity index (χ2n) is 8.76. The van der Waals surface area contributed by atoms with E-state index in [1.54, 1.807) is 0 Å². The molecule has 1 aromatic carbocycles. The van der Waals surface area contributed by atoms with Crippen LogP contribution < -0.4 is 14.7 Å². The lowest BCUT2D eigenvalue weighted by Gasteiger charge is -2.37. The number of nitrogens with zero attached hydrogens (tertiary/aromatic N) is 6. The first-order chi connectivity index (χ1) is 15.6. The van der Waals surface area contributed by atoms with E-state index in [2.05, 4.69) is 75.9 Å². The van der Waals surface area contributed by atoms with Gasteiger partial charge in [-0.2, -0.15) is 0 Å². The van der Waals surface area contributed by atoms with Gasteiger partial charge in [0, 0.05) is 56.7 Å². The van der Waals surface area contributed by atoms with Crippen LogP contribution in [0.1, 0.15) is 28.1 Å². The molecule has 166 valence electrons. The van der Waals surface area contributed by atoms with Crippen molar-refractivity contribution in [3.05, 3.63) is 70.8 Å². The molecule has 0 unspecified atom stereocenters. The average Bonchev–Trinajstić information content (AvgIpc) is 2.82. The van der Waals surface area contributed by atoms with Crippen LogP contribution in [0, 0.1) is 13.8 Å². The van der Waals surface area contributed by atoms with Gasteiger partial charge in [0.2, 0.25) is 0 Å². The van der Waals surface area contributed by atoms with Crippen LogP contribution in [0.5, 0.6) is 0 Å². The highest BCUT2D eigenvalue weighted by Crippen LogP contribution is 2.30. The SMILES string of the molecule is Cc1ccc(C)c(N2Cc3cnc(Cc4ccc(N5CCOCC5)nc4)nc3N(C)C2)c1. The highest BCUT2D eigenvalue weighted by Gasteiger charge is 2.23. The zero-order chi connectivity index (χ0) is 22.1. The molecule has 0 aliphatic carbocycles. The largest absolute Gasteiger partial charge is 0.378 e. The van der Waals surface area contributed by atoms with E-state index < -0.39 is 0 Å². The van der Waals surface area contributed by atoms with Crippen LogP contribution >= 0.6 is 0 Å². The van der Waals surface area contributed by atoms with Crippen LogP contribution in [0.4, 0.5) is 17.3 Å². The summed E-state index contributed by atoms with van der Waals surface area (Å²) >= 11 is 0. The van der Waals surface area contributed by atoms with Gasteiger partial charge >= 0.3 is 0 Å². The molecule has 2 aromatic heterocycles. The molecule has 0 radical (unpaired) electrons. The number of pyridine rings is 1. The number of aryl methyl sites for hydroxylation is 2. The summed E-state index contributed by atoms with van der Waals surface area (Å²) in [5.74, 6) is 2.86. The molecule has 2 aliphatic rings. The molecule has 0 saturated carbocycles. The number of morpholine rings is 1. The molecule has 0 spiro atoms. The standard InChI is InChI=1S/C25H30N6O/c1-18-4-5-19(2)22(12-18)31-16-21-15-26-23(28-25(21)29(3)17-31)13-20-6-7-24(27-14-20)30-8-10-32-11-9-30/h4-7,12,14-15H,8-11,13,16-17H2,1-3H3. The maximum absolute atomic E-state index is 5.43. The smallest absolute Gasteiger partial charge is 0.138 e. The van der Waals surface area contributed by atoms with Crippen molar-refractivity contribution < 1.29 is 4.74 Å². The van der Waals surface area contributed by atoms with Crippen molar-refractivity contribution in [1.29, 1.82) is 0 Å². The van der Waals surface area contributed by atoms with Crippen molar-refractivity contribution >= 4 is 17.3 Å². The number of fused-ring (bicyclic) bond motifs is 1. The first kappa shape index (κ1) is 20.7. The fourth-order valence-electron chi connectivity index (χ4n) is 4.44. The number of hydrogen-bond acceptors (Lipinski definition) is 7. The Morgan fingerprint density at radius 1 is 0.969 bits per heavy atom. The van der Waals surface area contributed by atoms with Gasteiger partial charge in [-0.25, -0.2) is 15.0 Å². The van der Waals surface area contributed by atoms with E-state index in [1.165, 1.54) is 16.8 Å². The van der Waals surface area contributed by atoms with Crippen LogP contribution in [0.2, 0.25) is 0 Å². The lowest BCUT2D eigenvalue weighted by atomic mass is 10.1. The van der Waals surface area contributed by atoms with Crippen molar-refractivity contribution in [2.75, 3.05) is 54.7 Å². The molecule has 0 atom stereocenters. The summed E-state index contributed by atoms with van der Waals surface area (Å²) in [7, 11) is 2.10. The second-order valence-corrected chi connectivity index (χ2v) is 8.76. The number of hydrogen-bond donors (Lipinski definition) is 0. The van der Waals surface area contributed by atoms with Crippen LogP contribution in [0.15, 0.2) is 42.7 Å². The Morgan fingerprint density at radius 2 is 1.81 bits per heavy atom. The Kier molecular flexibility index (Phi) is 5.66. The van der Waals surface area contributed by atoms with Gasteiger partial charge in [0.15, 0.2) is 0 Å². The average molecular weight is 431 g/mol. The number of rotatable bonds is 4. The predicted molar refractivity (Wildman–Crippen MR) is 127 cm³/mol. The summed E-state index contributed by atoms with van der Waals surface area (Å²) in [6, 6.07) is 10.8. The molecule has 7 nitrogen and oxygen atoms in total. The zero-order valence-corrected chi connectivity index (χ0v) is 19.1. The molecule has 0 amide bonds. The van der Waals surface area contributed by atoms with Crippen molar-refractivity contribution in [3.63, 3.8) is 0 Å². The number of benzene rings is 1. The summed E-state index contributed by atoms with van der Waals surface area (Å²) in [5, 5.41) is 0. The van der Waals surface area contributed by atoms with Crippen molar-refractivity contribution in [2.45, 2.75) is 26.8 Å². The van der Waals surface area contributed by atoms with Gasteiger partial charge in [-0.1, -0.05) is 18.2 Å². The summed E-state index contributed by atoms with van der Waals surface area (Å²) in [6.07, 6.45) is 4.61. The molecule has 32 heavy (non-hydrogen) atoms. The molecule has 1 saturated heterocycles. The number of anilines is 3. The van der Waals surface area contributed by atoms with Crippen LogP contribution in [0.25, 0.3) is 0 Å². The van der Waals surface area contributed by atoms with E-state index in [0.717, 1.165) is 68.1 Å². The number of aromatic nitrogens is 3. The van der Waals surface area contributed by atoms with Crippen molar-refractivity contribution in [1.82, 2.24) is 15.0 Å². The van der Waals surface area contributed by atoms with Gasteiger partial charge in [0.1, 0.15) is 17.5 Å². The van der Waals surface area contributed by atoms with Gasteiger partial charge in [0.25, 0.3) is 0 Å². The van der Waals surface area contributed by atoms with E-state index in [-0.39, 0.29) is 0 Å². The highest BCUT2D eigenvalue weighted by atomic mass is 16.5. The Bertz CT molecular complexity index is 1090. The van der Waals surface area contributed by atoms with E-state index in [4.69, 9.17) is 9.72 Å². The lowest BCUT2D eigenvalue weighted by molar-refractivity contribution is 0.122. The minimum absolute atomic E-state index is 0.679. The van der Waals surface area contributed by atoms with Gasteiger partial charge in [-0.3, -0.25) is 0 Å². The van der Waals surface area contributed by atoms with E-state index in [0.29, 0.717) is 6.42 Å². The molecule has 2 aliphatic heterocycles. The van der Waals surface area contributed by atoms with E-state index in [1.807, 2.05) is 12.4 Å². The molecule has 7 heteroatoms. The first-order valence-corrected chi connectivity index (χ1v) is 11.2. The monoisotopic (exact) mass is 430 g/mol. The molecule has 1 fully saturated rings. The van der Waals surface area contributed by atoms with Gasteiger partial charge in [0.05, 0.1) is 19.9 Å². The maximum Gasteiger partial charge on any atom is 0.138 e. The predicted octanol–water partition coefficient (Wildman–Crippen LogP) is 3.33. The molecular formula is C25H30N6O.